The van der Waals surface area contributed by atoms with E-state index in [4.69, 9.17) is 16.3 Å². The molecule has 0 spiro atoms. The third-order valence-corrected chi connectivity index (χ3v) is 4.07. The van der Waals surface area contributed by atoms with E-state index >= 15 is 0 Å². The lowest BCUT2D eigenvalue weighted by molar-refractivity contribution is 0.122. The summed E-state index contributed by atoms with van der Waals surface area (Å²) in [6, 6.07) is 9.40. The lowest BCUT2D eigenvalue weighted by atomic mass is 10.1. The molecular weight excluding hydrogens is 328 g/mol. The highest BCUT2D eigenvalue weighted by atomic mass is 35.5. The second-order valence-electron chi connectivity index (χ2n) is 5.71. The van der Waals surface area contributed by atoms with Crippen LogP contribution in [0.5, 0.6) is 0 Å². The number of hydrogen-bond acceptors (Lipinski definition) is 6. The first-order chi connectivity index (χ1) is 11.7. The zero-order valence-corrected chi connectivity index (χ0v) is 14.1. The number of aliphatic hydroxyl groups is 1. The van der Waals surface area contributed by atoms with Crippen molar-refractivity contribution in [2.75, 3.05) is 43.1 Å². The number of morpholine rings is 1. The molecule has 0 amide bonds. The molecule has 128 valence electrons. The fourth-order valence-corrected chi connectivity index (χ4v) is 2.83. The molecule has 6 nitrogen and oxygen atoms in total. The van der Waals surface area contributed by atoms with Gasteiger partial charge in [-0.25, -0.2) is 4.98 Å². The summed E-state index contributed by atoms with van der Waals surface area (Å²) in [5.41, 5.74) is 1.000. The molecule has 1 aliphatic rings. The Bertz CT molecular complexity index is 665. The van der Waals surface area contributed by atoms with Crippen molar-refractivity contribution in [2.45, 2.75) is 12.5 Å². The maximum absolute atomic E-state index is 10.2. The molecule has 2 N–H and O–H groups in total. The van der Waals surface area contributed by atoms with Crippen LogP contribution >= 0.6 is 11.6 Å². The monoisotopic (exact) mass is 348 g/mol. The van der Waals surface area contributed by atoms with Gasteiger partial charge in [0.2, 0.25) is 5.95 Å². The average molecular weight is 349 g/mol. The van der Waals surface area contributed by atoms with Crippen LogP contribution in [0.15, 0.2) is 36.5 Å². The van der Waals surface area contributed by atoms with E-state index < -0.39 is 6.10 Å². The summed E-state index contributed by atoms with van der Waals surface area (Å²) >= 11 is 5.96. The van der Waals surface area contributed by atoms with Crippen LogP contribution in [0.1, 0.15) is 5.56 Å². The van der Waals surface area contributed by atoms with Gasteiger partial charge in [-0.1, -0.05) is 23.7 Å². The van der Waals surface area contributed by atoms with Gasteiger partial charge in [0.1, 0.15) is 5.82 Å². The number of aromatic nitrogens is 2. The Morgan fingerprint density at radius 3 is 2.92 bits per heavy atom. The van der Waals surface area contributed by atoms with E-state index in [0.717, 1.165) is 24.5 Å². The minimum absolute atomic E-state index is 0.374. The van der Waals surface area contributed by atoms with Gasteiger partial charge in [-0.2, -0.15) is 4.98 Å². The molecule has 1 fully saturated rings. The molecular formula is C17H21ClN4O2. The topological polar surface area (TPSA) is 70.5 Å². The number of ether oxygens (including phenoxy) is 1. The molecule has 1 unspecified atom stereocenters. The number of anilines is 2. The summed E-state index contributed by atoms with van der Waals surface area (Å²) in [6.45, 7) is 3.46. The van der Waals surface area contributed by atoms with Gasteiger partial charge in [0.25, 0.3) is 0 Å². The van der Waals surface area contributed by atoms with Gasteiger partial charge in [-0.15, -0.1) is 0 Å². The molecule has 0 aliphatic carbocycles. The smallest absolute Gasteiger partial charge is 0.224 e. The molecule has 1 atom stereocenters. The Balaban J connectivity index is 1.54. The van der Waals surface area contributed by atoms with Gasteiger partial charge in [0, 0.05) is 37.3 Å². The summed E-state index contributed by atoms with van der Waals surface area (Å²) < 4.78 is 5.35. The van der Waals surface area contributed by atoms with Crippen LogP contribution in [0.4, 0.5) is 11.8 Å². The predicted molar refractivity (Wildman–Crippen MR) is 94.7 cm³/mol. The van der Waals surface area contributed by atoms with Crippen LogP contribution in [0.3, 0.4) is 0 Å². The van der Waals surface area contributed by atoms with Crippen LogP contribution in [-0.2, 0) is 11.2 Å². The maximum atomic E-state index is 10.2. The fourth-order valence-electron chi connectivity index (χ4n) is 2.62. The average Bonchev–Trinajstić information content (AvgIpc) is 2.61. The number of aliphatic hydroxyl groups excluding tert-OH is 1. The molecule has 2 heterocycles. The SMILES string of the molecule is OC(CNc1nccc(N2CCOCC2)n1)Cc1cccc(Cl)c1. The van der Waals surface area contributed by atoms with Crippen molar-refractivity contribution in [3.8, 4) is 0 Å². The van der Waals surface area contributed by atoms with Crippen LogP contribution in [0.2, 0.25) is 5.02 Å². The first kappa shape index (κ1) is 17.0. The van der Waals surface area contributed by atoms with Crippen LogP contribution < -0.4 is 10.2 Å². The van der Waals surface area contributed by atoms with Gasteiger partial charge in [-0.3, -0.25) is 0 Å². The van der Waals surface area contributed by atoms with Crippen molar-refractivity contribution in [3.63, 3.8) is 0 Å². The van der Waals surface area contributed by atoms with E-state index in [1.807, 2.05) is 30.3 Å². The van der Waals surface area contributed by atoms with Crippen LogP contribution in [-0.4, -0.2) is 54.0 Å². The number of benzene rings is 1. The van der Waals surface area contributed by atoms with Crippen molar-refractivity contribution in [1.82, 2.24) is 9.97 Å². The first-order valence-electron chi connectivity index (χ1n) is 8.03. The molecule has 2 aromatic rings. The highest BCUT2D eigenvalue weighted by Crippen LogP contribution is 2.15. The number of halogens is 1. The van der Waals surface area contributed by atoms with Gasteiger partial charge >= 0.3 is 0 Å². The van der Waals surface area contributed by atoms with Crippen molar-refractivity contribution < 1.29 is 9.84 Å². The van der Waals surface area contributed by atoms with E-state index in [2.05, 4.69) is 20.2 Å². The van der Waals surface area contributed by atoms with Gasteiger partial charge in [0.05, 0.1) is 19.3 Å². The Labute approximate surface area is 146 Å². The molecule has 3 rings (SSSR count). The number of nitrogens with one attached hydrogen (secondary N) is 1. The summed E-state index contributed by atoms with van der Waals surface area (Å²) in [6.07, 6.45) is 1.71. The maximum Gasteiger partial charge on any atom is 0.224 e. The lowest BCUT2D eigenvalue weighted by Gasteiger charge is -2.27. The Kier molecular flexibility index (Phi) is 5.85. The predicted octanol–water partition coefficient (Wildman–Crippen LogP) is 1.98. The van der Waals surface area contributed by atoms with Crippen molar-refractivity contribution in [1.29, 1.82) is 0 Å². The second kappa shape index (κ2) is 8.28. The minimum atomic E-state index is -0.542. The number of rotatable bonds is 6. The molecule has 1 aromatic carbocycles. The van der Waals surface area contributed by atoms with E-state index in [9.17, 15) is 5.11 Å². The molecule has 7 heteroatoms. The third kappa shape index (κ3) is 4.80. The zero-order chi connectivity index (χ0) is 16.8. The summed E-state index contributed by atoms with van der Waals surface area (Å²) in [4.78, 5) is 10.9. The highest BCUT2D eigenvalue weighted by Gasteiger charge is 2.13. The molecule has 0 saturated carbocycles. The Morgan fingerprint density at radius 1 is 1.29 bits per heavy atom. The lowest BCUT2D eigenvalue weighted by Crippen LogP contribution is -2.36. The summed E-state index contributed by atoms with van der Waals surface area (Å²) in [5, 5.41) is 14.0. The number of nitrogens with zero attached hydrogens (tertiary/aromatic N) is 3. The van der Waals surface area contributed by atoms with Gasteiger partial charge in [-0.05, 0) is 23.8 Å². The quantitative estimate of drug-likeness (QED) is 0.832. The first-order valence-corrected chi connectivity index (χ1v) is 8.40. The van der Waals surface area contributed by atoms with Gasteiger partial charge < -0.3 is 20.1 Å². The van der Waals surface area contributed by atoms with E-state index in [-0.39, 0.29) is 0 Å². The second-order valence-corrected chi connectivity index (χ2v) is 6.14. The molecule has 1 aliphatic heterocycles. The van der Waals surface area contributed by atoms with E-state index in [0.29, 0.717) is 37.2 Å². The third-order valence-electron chi connectivity index (χ3n) is 3.83. The molecule has 1 saturated heterocycles. The Morgan fingerprint density at radius 2 is 2.12 bits per heavy atom. The molecule has 24 heavy (non-hydrogen) atoms. The zero-order valence-electron chi connectivity index (χ0n) is 13.4. The minimum Gasteiger partial charge on any atom is -0.391 e. The molecule has 0 radical (unpaired) electrons. The summed E-state index contributed by atoms with van der Waals surface area (Å²) in [5.74, 6) is 1.39. The number of hydrogen-bond donors (Lipinski definition) is 2. The van der Waals surface area contributed by atoms with Crippen LogP contribution in [0, 0.1) is 0 Å². The van der Waals surface area contributed by atoms with E-state index in [1.54, 1.807) is 6.20 Å². The molecule has 1 aromatic heterocycles. The largest absolute Gasteiger partial charge is 0.391 e. The van der Waals surface area contributed by atoms with Crippen molar-refractivity contribution >= 4 is 23.4 Å². The van der Waals surface area contributed by atoms with E-state index in [1.165, 1.54) is 0 Å². The summed E-state index contributed by atoms with van der Waals surface area (Å²) in [7, 11) is 0. The standard InChI is InChI=1S/C17H21ClN4O2/c18-14-3-1-2-13(10-14)11-15(23)12-20-17-19-5-4-16(21-17)22-6-8-24-9-7-22/h1-5,10,15,23H,6-9,11-12H2,(H,19,20,21). The van der Waals surface area contributed by atoms with Crippen LogP contribution in [0.25, 0.3) is 0 Å². The van der Waals surface area contributed by atoms with Crippen molar-refractivity contribution in [2.24, 2.45) is 0 Å². The highest BCUT2D eigenvalue weighted by molar-refractivity contribution is 6.30. The Hall–Kier alpha value is -1.89. The van der Waals surface area contributed by atoms with Crippen molar-refractivity contribution in [3.05, 3.63) is 47.1 Å². The molecule has 0 bridgehead atoms. The fraction of sp³-hybridized carbons (Fsp3) is 0.412. The normalized spacial score (nSPS) is 16.0. The van der Waals surface area contributed by atoms with Gasteiger partial charge in [0.15, 0.2) is 0 Å².